The van der Waals surface area contributed by atoms with Gasteiger partial charge in [-0.05, 0) is 34.6 Å². The van der Waals surface area contributed by atoms with Crippen molar-refractivity contribution in [2.45, 2.75) is 52.1 Å². The van der Waals surface area contributed by atoms with E-state index in [1.165, 1.54) is 18.7 Å². The topological polar surface area (TPSA) is 113 Å². The molecule has 0 radical (unpaired) electrons. The van der Waals surface area contributed by atoms with E-state index in [1.54, 1.807) is 20.8 Å². The summed E-state index contributed by atoms with van der Waals surface area (Å²) in [6, 6.07) is -0.516. The molecule has 0 saturated carbocycles. The maximum Gasteiger partial charge on any atom is 0.318 e. The van der Waals surface area contributed by atoms with Crippen molar-refractivity contribution in [3.05, 3.63) is 0 Å². The zero-order valence-electron chi connectivity index (χ0n) is 12.1. The summed E-state index contributed by atoms with van der Waals surface area (Å²) in [4.78, 5) is 35.3. The Morgan fingerprint density at radius 1 is 1.16 bits per heavy atom. The van der Waals surface area contributed by atoms with Crippen LogP contribution < -0.4 is 11.1 Å². The number of aliphatic carboxylic acids is 1. The van der Waals surface area contributed by atoms with Crippen molar-refractivity contribution in [2.75, 3.05) is 6.54 Å². The number of amides is 3. The average Bonchev–Trinajstić information content (AvgIpc) is 2.13. The number of primary amides is 1. The quantitative estimate of drug-likeness (QED) is 0.678. The predicted octanol–water partition coefficient (Wildman–Crippen LogP) is 0.535. The Morgan fingerprint density at radius 2 is 1.63 bits per heavy atom. The Bertz CT molecular complexity index is 372. The van der Waals surface area contributed by atoms with E-state index in [4.69, 9.17) is 10.8 Å². The van der Waals surface area contributed by atoms with Crippen molar-refractivity contribution < 1.29 is 19.5 Å². The second-order valence-corrected chi connectivity index (χ2v) is 5.89. The molecule has 0 aliphatic heterocycles. The van der Waals surface area contributed by atoms with Crippen LogP contribution in [0.5, 0.6) is 0 Å². The number of hydrogen-bond acceptors (Lipinski definition) is 3. The van der Waals surface area contributed by atoms with E-state index in [0.29, 0.717) is 0 Å². The molecule has 0 heterocycles. The predicted molar refractivity (Wildman–Crippen MR) is 70.5 cm³/mol. The molecule has 0 bridgehead atoms. The summed E-state index contributed by atoms with van der Waals surface area (Å²) >= 11 is 0. The minimum absolute atomic E-state index is 0.0551. The number of carboxylic acids is 1. The Balaban J connectivity index is 4.93. The van der Waals surface area contributed by atoms with Crippen LogP contribution in [-0.4, -0.2) is 45.5 Å². The van der Waals surface area contributed by atoms with Gasteiger partial charge in [-0.2, -0.15) is 0 Å². The second kappa shape index (κ2) is 5.90. The van der Waals surface area contributed by atoms with E-state index < -0.39 is 29.0 Å². The van der Waals surface area contributed by atoms with Crippen LogP contribution in [0, 0.1) is 0 Å². The summed E-state index contributed by atoms with van der Waals surface area (Å²) in [5.41, 5.74) is 3.43. The molecule has 0 aliphatic carbocycles. The summed E-state index contributed by atoms with van der Waals surface area (Å²) in [7, 11) is 0. The van der Waals surface area contributed by atoms with E-state index in [1.807, 2.05) is 0 Å². The molecule has 0 aromatic rings. The third kappa shape index (κ3) is 5.58. The highest BCUT2D eigenvalue weighted by molar-refractivity contribution is 5.89. The van der Waals surface area contributed by atoms with Crippen LogP contribution in [0.25, 0.3) is 0 Å². The van der Waals surface area contributed by atoms with Gasteiger partial charge in [-0.25, -0.2) is 4.79 Å². The van der Waals surface area contributed by atoms with Gasteiger partial charge in [-0.15, -0.1) is 0 Å². The lowest BCUT2D eigenvalue weighted by molar-refractivity contribution is -0.137. The van der Waals surface area contributed by atoms with Gasteiger partial charge in [0.25, 0.3) is 0 Å². The van der Waals surface area contributed by atoms with Gasteiger partial charge in [0.2, 0.25) is 5.91 Å². The van der Waals surface area contributed by atoms with Crippen molar-refractivity contribution in [1.82, 2.24) is 10.2 Å². The Kier molecular flexibility index (Phi) is 5.34. The van der Waals surface area contributed by atoms with Gasteiger partial charge in [-0.3, -0.25) is 9.59 Å². The molecular formula is C12H23N3O4. The van der Waals surface area contributed by atoms with Crippen molar-refractivity contribution in [3.63, 3.8) is 0 Å². The Morgan fingerprint density at radius 3 is 1.95 bits per heavy atom. The second-order valence-electron chi connectivity index (χ2n) is 5.89. The largest absolute Gasteiger partial charge is 0.481 e. The number of hydrogen-bond donors (Lipinski definition) is 3. The molecule has 110 valence electrons. The fourth-order valence-corrected chi connectivity index (χ4v) is 1.35. The SMILES string of the molecule is CC(C)(NC(=O)N(CCC(=O)O)C(C)(C)C)C(N)=O. The number of nitrogens with zero attached hydrogens (tertiary/aromatic N) is 1. The van der Waals surface area contributed by atoms with E-state index in [0.717, 1.165) is 0 Å². The number of urea groups is 1. The smallest absolute Gasteiger partial charge is 0.318 e. The number of carboxylic acid groups (broad SMARTS) is 1. The molecule has 0 rings (SSSR count). The van der Waals surface area contributed by atoms with Gasteiger partial charge in [-0.1, -0.05) is 0 Å². The lowest BCUT2D eigenvalue weighted by atomic mass is 10.0. The number of carbonyl (C=O) groups excluding carboxylic acids is 2. The molecule has 0 spiro atoms. The van der Waals surface area contributed by atoms with Gasteiger partial charge >= 0.3 is 12.0 Å². The molecule has 0 unspecified atom stereocenters. The lowest BCUT2D eigenvalue weighted by Gasteiger charge is -2.37. The Hall–Kier alpha value is -1.79. The molecule has 0 aliphatic rings. The molecule has 7 heteroatoms. The summed E-state index contributed by atoms with van der Waals surface area (Å²) in [6.45, 7) is 8.39. The third-order valence-electron chi connectivity index (χ3n) is 2.64. The highest BCUT2D eigenvalue weighted by atomic mass is 16.4. The van der Waals surface area contributed by atoms with Gasteiger partial charge < -0.3 is 21.1 Å². The number of nitrogens with two attached hydrogens (primary N) is 1. The van der Waals surface area contributed by atoms with Crippen molar-refractivity contribution in [3.8, 4) is 0 Å². The molecule has 4 N–H and O–H groups in total. The van der Waals surface area contributed by atoms with Crippen LogP contribution in [0.15, 0.2) is 0 Å². The van der Waals surface area contributed by atoms with Crippen LogP contribution in [0.1, 0.15) is 41.0 Å². The third-order valence-corrected chi connectivity index (χ3v) is 2.64. The number of rotatable bonds is 5. The molecule has 7 nitrogen and oxygen atoms in total. The van der Waals surface area contributed by atoms with Gasteiger partial charge in [0.1, 0.15) is 5.54 Å². The van der Waals surface area contributed by atoms with Crippen LogP contribution in [0.3, 0.4) is 0 Å². The number of nitrogens with one attached hydrogen (secondary N) is 1. The van der Waals surface area contributed by atoms with Crippen LogP contribution in [0.4, 0.5) is 4.79 Å². The lowest BCUT2D eigenvalue weighted by Crippen LogP contribution is -2.60. The maximum atomic E-state index is 12.1. The van der Waals surface area contributed by atoms with E-state index in [9.17, 15) is 14.4 Å². The zero-order valence-corrected chi connectivity index (χ0v) is 12.1. The highest BCUT2D eigenvalue weighted by Gasteiger charge is 2.33. The molecular weight excluding hydrogens is 250 g/mol. The summed E-state index contributed by atoms with van der Waals surface area (Å²) in [5.74, 6) is -1.65. The highest BCUT2D eigenvalue weighted by Crippen LogP contribution is 2.15. The van der Waals surface area contributed by atoms with E-state index in [-0.39, 0.29) is 13.0 Å². The fourth-order valence-electron chi connectivity index (χ4n) is 1.35. The maximum absolute atomic E-state index is 12.1. The summed E-state index contributed by atoms with van der Waals surface area (Å²) in [5, 5.41) is 11.2. The fraction of sp³-hybridized carbons (Fsp3) is 0.750. The van der Waals surface area contributed by atoms with Crippen LogP contribution >= 0.6 is 0 Å². The molecule has 0 aromatic heterocycles. The van der Waals surface area contributed by atoms with Gasteiger partial charge in [0.05, 0.1) is 6.42 Å². The molecule has 0 fully saturated rings. The summed E-state index contributed by atoms with van der Waals surface area (Å²) < 4.78 is 0. The first kappa shape index (κ1) is 17.2. The van der Waals surface area contributed by atoms with Crippen molar-refractivity contribution >= 4 is 17.9 Å². The Labute approximate surface area is 113 Å². The van der Waals surface area contributed by atoms with E-state index in [2.05, 4.69) is 5.32 Å². The molecule has 0 saturated heterocycles. The first-order valence-electron chi connectivity index (χ1n) is 5.99. The van der Waals surface area contributed by atoms with Crippen LogP contribution in [0.2, 0.25) is 0 Å². The molecule has 19 heavy (non-hydrogen) atoms. The first-order chi connectivity index (χ1) is 8.38. The molecule has 0 atom stereocenters. The van der Waals surface area contributed by atoms with E-state index >= 15 is 0 Å². The summed E-state index contributed by atoms with van der Waals surface area (Å²) in [6.07, 6.45) is -0.165. The minimum atomic E-state index is -1.19. The zero-order chi connectivity index (χ0) is 15.4. The number of carbonyl (C=O) groups is 3. The van der Waals surface area contributed by atoms with Gasteiger partial charge in [0, 0.05) is 12.1 Å². The monoisotopic (exact) mass is 273 g/mol. The van der Waals surface area contributed by atoms with Crippen molar-refractivity contribution in [1.29, 1.82) is 0 Å². The van der Waals surface area contributed by atoms with Crippen LogP contribution in [-0.2, 0) is 9.59 Å². The minimum Gasteiger partial charge on any atom is -0.481 e. The molecule has 0 aromatic carbocycles. The average molecular weight is 273 g/mol. The first-order valence-corrected chi connectivity index (χ1v) is 5.99. The van der Waals surface area contributed by atoms with Gasteiger partial charge in [0.15, 0.2) is 0 Å². The normalized spacial score (nSPS) is 11.8. The van der Waals surface area contributed by atoms with Crippen molar-refractivity contribution in [2.24, 2.45) is 5.73 Å². The molecule has 3 amide bonds. The standard InChI is InChI=1S/C12H23N3O4/c1-11(2,3)15(7-6-8(16)17)10(19)14-12(4,5)9(13)18/h6-7H2,1-5H3,(H2,13,18)(H,14,19)(H,16,17).